The second-order valence-corrected chi connectivity index (χ2v) is 6.14. The number of nitrogens with one attached hydrogen (secondary N) is 3. The van der Waals surface area contributed by atoms with Crippen LogP contribution in [0, 0.1) is 5.92 Å². The zero-order valence-corrected chi connectivity index (χ0v) is 13.4. The molecule has 0 radical (unpaired) electrons. The molecule has 0 aliphatic carbocycles. The third-order valence-electron chi connectivity index (χ3n) is 4.63. The topological polar surface area (TPSA) is 82.7 Å². The molecular weight excluding hydrogens is 302 g/mol. The number of imidazole rings is 1. The van der Waals surface area contributed by atoms with Gasteiger partial charge in [-0.3, -0.25) is 15.2 Å². The summed E-state index contributed by atoms with van der Waals surface area (Å²) in [6.07, 6.45) is 5.02. The first kappa shape index (κ1) is 14.8. The van der Waals surface area contributed by atoms with Crippen LogP contribution in [0.2, 0.25) is 0 Å². The van der Waals surface area contributed by atoms with Gasteiger partial charge in [0.2, 0.25) is 5.91 Å². The number of nitrogens with zero attached hydrogens (tertiary/aromatic N) is 2. The molecule has 2 aromatic heterocycles. The lowest BCUT2D eigenvalue weighted by Crippen LogP contribution is -2.48. The molecule has 3 heterocycles. The van der Waals surface area contributed by atoms with Gasteiger partial charge in [-0.15, -0.1) is 0 Å². The summed E-state index contributed by atoms with van der Waals surface area (Å²) in [5, 5.41) is 0. The van der Waals surface area contributed by atoms with Crippen molar-refractivity contribution in [2.75, 3.05) is 0 Å². The van der Waals surface area contributed by atoms with E-state index in [9.17, 15) is 4.79 Å². The van der Waals surface area contributed by atoms with E-state index in [-0.39, 0.29) is 11.9 Å². The molecule has 0 bridgehead atoms. The van der Waals surface area contributed by atoms with Gasteiger partial charge in [-0.2, -0.15) is 0 Å². The Labute approximate surface area is 139 Å². The van der Waals surface area contributed by atoms with E-state index < -0.39 is 0 Å². The Morgan fingerprint density at radius 2 is 2.04 bits per heavy atom. The lowest BCUT2D eigenvalue weighted by atomic mass is 9.87. The summed E-state index contributed by atoms with van der Waals surface area (Å²) in [6, 6.07) is 10.2. The maximum atomic E-state index is 11.6. The Morgan fingerprint density at radius 1 is 1.21 bits per heavy atom. The number of carbonyl (C=O) groups is 1. The van der Waals surface area contributed by atoms with E-state index in [1.165, 1.54) is 0 Å². The van der Waals surface area contributed by atoms with Crippen molar-refractivity contribution in [2.24, 2.45) is 5.92 Å². The summed E-state index contributed by atoms with van der Waals surface area (Å²) >= 11 is 0. The highest BCUT2D eigenvalue weighted by atomic mass is 16.2. The quantitative estimate of drug-likeness (QED) is 0.693. The number of carbonyl (C=O) groups excluding carboxylic acids is 1. The van der Waals surface area contributed by atoms with Gasteiger partial charge in [0.15, 0.2) is 0 Å². The number of H-pyrrole nitrogens is 1. The Kier molecular flexibility index (Phi) is 3.74. The summed E-state index contributed by atoms with van der Waals surface area (Å²) < 4.78 is 0. The SMILES string of the molecule is CCC1CC(=O)NNC1c1ccc2nc(-c3ccncc3)[nH]c2c1. The predicted molar refractivity (Wildman–Crippen MR) is 91.7 cm³/mol. The van der Waals surface area contributed by atoms with Crippen LogP contribution < -0.4 is 10.9 Å². The highest BCUT2D eigenvalue weighted by molar-refractivity contribution is 5.80. The molecule has 2 atom stereocenters. The molecule has 0 spiro atoms. The van der Waals surface area contributed by atoms with Crippen LogP contribution in [0.1, 0.15) is 31.4 Å². The highest BCUT2D eigenvalue weighted by Gasteiger charge is 2.29. The standard InChI is InChI=1S/C18H19N5O/c1-2-11-10-16(24)22-23-17(11)13-3-4-14-15(9-13)21-18(20-14)12-5-7-19-8-6-12/h3-9,11,17,23H,2,10H2,1H3,(H,20,21)(H,22,24). The molecule has 3 N–H and O–H groups in total. The first-order valence-corrected chi connectivity index (χ1v) is 8.19. The normalized spacial score (nSPS) is 21.0. The third-order valence-corrected chi connectivity index (χ3v) is 4.63. The molecule has 1 amide bonds. The van der Waals surface area contributed by atoms with Gasteiger partial charge in [0.25, 0.3) is 0 Å². The molecule has 2 unspecified atom stereocenters. The number of pyridine rings is 1. The zero-order valence-electron chi connectivity index (χ0n) is 13.4. The largest absolute Gasteiger partial charge is 0.338 e. The van der Waals surface area contributed by atoms with Crippen LogP contribution in [0.25, 0.3) is 22.4 Å². The molecule has 1 fully saturated rings. The van der Waals surface area contributed by atoms with Crippen molar-refractivity contribution in [3.05, 3.63) is 48.3 Å². The number of hydrogen-bond acceptors (Lipinski definition) is 4. The molecule has 3 aromatic rings. The number of hydrazine groups is 1. The predicted octanol–water partition coefficient (Wildman–Crippen LogP) is 2.72. The van der Waals surface area contributed by atoms with Crippen LogP contribution >= 0.6 is 0 Å². The summed E-state index contributed by atoms with van der Waals surface area (Å²) in [7, 11) is 0. The molecular formula is C18H19N5O. The van der Waals surface area contributed by atoms with Crippen molar-refractivity contribution in [2.45, 2.75) is 25.8 Å². The van der Waals surface area contributed by atoms with E-state index in [0.717, 1.165) is 34.4 Å². The number of benzene rings is 1. The van der Waals surface area contributed by atoms with Crippen LogP contribution in [0.3, 0.4) is 0 Å². The third kappa shape index (κ3) is 2.65. The molecule has 4 rings (SSSR count). The molecule has 1 saturated heterocycles. The smallest absolute Gasteiger partial charge is 0.234 e. The lowest BCUT2D eigenvalue weighted by Gasteiger charge is -2.32. The van der Waals surface area contributed by atoms with E-state index >= 15 is 0 Å². The van der Waals surface area contributed by atoms with Gasteiger partial charge in [0.1, 0.15) is 5.82 Å². The van der Waals surface area contributed by atoms with Gasteiger partial charge in [-0.25, -0.2) is 10.4 Å². The van der Waals surface area contributed by atoms with Gasteiger partial charge in [-0.05, 0) is 35.7 Å². The number of fused-ring (bicyclic) bond motifs is 1. The Morgan fingerprint density at radius 3 is 2.83 bits per heavy atom. The van der Waals surface area contributed by atoms with Gasteiger partial charge in [-0.1, -0.05) is 19.4 Å². The van der Waals surface area contributed by atoms with Gasteiger partial charge in [0, 0.05) is 24.4 Å². The summed E-state index contributed by atoms with van der Waals surface area (Å²) in [5.41, 5.74) is 9.99. The molecule has 6 nitrogen and oxygen atoms in total. The number of aromatic nitrogens is 3. The maximum Gasteiger partial charge on any atom is 0.234 e. The molecule has 0 saturated carbocycles. The highest BCUT2D eigenvalue weighted by Crippen LogP contribution is 2.31. The van der Waals surface area contributed by atoms with Crippen molar-refractivity contribution in [3.63, 3.8) is 0 Å². The van der Waals surface area contributed by atoms with Gasteiger partial charge < -0.3 is 4.98 Å². The Bertz CT molecular complexity index is 874. The first-order chi connectivity index (χ1) is 11.7. The summed E-state index contributed by atoms with van der Waals surface area (Å²) in [4.78, 5) is 23.7. The van der Waals surface area contributed by atoms with E-state index in [1.54, 1.807) is 12.4 Å². The molecule has 1 aliphatic heterocycles. The Hall–Kier alpha value is -2.73. The zero-order chi connectivity index (χ0) is 16.5. The first-order valence-electron chi connectivity index (χ1n) is 8.19. The van der Waals surface area contributed by atoms with Crippen molar-refractivity contribution < 1.29 is 4.79 Å². The average Bonchev–Trinajstić information content (AvgIpc) is 3.05. The van der Waals surface area contributed by atoms with Crippen LogP contribution in [-0.2, 0) is 4.79 Å². The van der Waals surface area contributed by atoms with Crippen LogP contribution in [0.5, 0.6) is 0 Å². The monoisotopic (exact) mass is 321 g/mol. The van der Waals surface area contributed by atoms with Crippen LogP contribution in [0.15, 0.2) is 42.7 Å². The number of rotatable bonds is 3. The van der Waals surface area contributed by atoms with E-state index in [4.69, 9.17) is 0 Å². The molecule has 24 heavy (non-hydrogen) atoms. The molecule has 6 heteroatoms. The van der Waals surface area contributed by atoms with Gasteiger partial charge >= 0.3 is 0 Å². The van der Waals surface area contributed by atoms with E-state index in [0.29, 0.717) is 12.3 Å². The van der Waals surface area contributed by atoms with Crippen molar-refractivity contribution in [1.29, 1.82) is 0 Å². The minimum atomic E-state index is 0.0562. The fourth-order valence-electron chi connectivity index (χ4n) is 3.29. The van der Waals surface area contributed by atoms with Crippen molar-refractivity contribution >= 4 is 16.9 Å². The van der Waals surface area contributed by atoms with Crippen LogP contribution in [-0.4, -0.2) is 20.9 Å². The minimum absolute atomic E-state index is 0.0562. The average molecular weight is 321 g/mol. The summed E-state index contributed by atoms with van der Waals surface area (Å²) in [5.74, 6) is 1.18. The van der Waals surface area contributed by atoms with Crippen molar-refractivity contribution in [1.82, 2.24) is 25.8 Å². The maximum absolute atomic E-state index is 11.6. The number of hydrogen-bond donors (Lipinski definition) is 3. The van der Waals surface area contributed by atoms with E-state index in [1.807, 2.05) is 18.2 Å². The summed E-state index contributed by atoms with van der Waals surface area (Å²) in [6.45, 7) is 2.12. The fourth-order valence-corrected chi connectivity index (χ4v) is 3.29. The van der Waals surface area contributed by atoms with E-state index in [2.05, 4.69) is 44.9 Å². The fraction of sp³-hybridized carbons (Fsp3) is 0.278. The molecule has 1 aromatic carbocycles. The Balaban J connectivity index is 1.69. The van der Waals surface area contributed by atoms with Gasteiger partial charge in [0.05, 0.1) is 17.1 Å². The number of amides is 1. The van der Waals surface area contributed by atoms with Crippen LogP contribution in [0.4, 0.5) is 0 Å². The van der Waals surface area contributed by atoms with Crippen molar-refractivity contribution in [3.8, 4) is 11.4 Å². The molecule has 1 aliphatic rings. The minimum Gasteiger partial charge on any atom is -0.338 e. The second-order valence-electron chi connectivity index (χ2n) is 6.14. The number of aromatic amines is 1. The molecule has 122 valence electrons. The second kappa shape index (κ2) is 6.05. The lowest BCUT2D eigenvalue weighted by molar-refractivity contribution is -0.126.